The molecule has 5 heteroatoms. The molecule has 0 radical (unpaired) electrons. The van der Waals surface area contributed by atoms with Crippen LogP contribution in [0, 0.1) is 6.92 Å². The van der Waals surface area contributed by atoms with Crippen molar-refractivity contribution in [3.8, 4) is 0 Å². The molecule has 2 aromatic rings. The smallest absolute Gasteiger partial charge is 0.225 e. The third-order valence-electron chi connectivity index (χ3n) is 2.83. The number of nitrogens with one attached hydrogen (secondary N) is 1. The molecule has 0 aliphatic carbocycles. The summed E-state index contributed by atoms with van der Waals surface area (Å²) in [5.41, 5.74) is 0.905. The van der Waals surface area contributed by atoms with Gasteiger partial charge < -0.3 is 5.32 Å². The Morgan fingerprint density at radius 1 is 1.35 bits per heavy atom. The summed E-state index contributed by atoms with van der Waals surface area (Å²) in [4.78, 5) is 13.1. The maximum Gasteiger partial charge on any atom is 0.225 e. The summed E-state index contributed by atoms with van der Waals surface area (Å²) in [6, 6.07) is 12.1. The normalized spacial score (nSPS) is 10.5. The SMILES string of the molecule is Cc1cc(NC(=O)CCCSc2ccccc2)n(C)n1. The van der Waals surface area contributed by atoms with Crippen molar-refractivity contribution in [3.63, 3.8) is 0 Å². The highest BCUT2D eigenvalue weighted by molar-refractivity contribution is 7.99. The van der Waals surface area contributed by atoms with E-state index in [4.69, 9.17) is 0 Å². The Morgan fingerprint density at radius 2 is 2.10 bits per heavy atom. The Hall–Kier alpha value is -1.75. The lowest BCUT2D eigenvalue weighted by molar-refractivity contribution is -0.116. The molecule has 0 aliphatic rings. The molecular formula is C15H19N3OS. The second-order valence-corrected chi connectivity index (χ2v) is 5.78. The lowest BCUT2D eigenvalue weighted by Gasteiger charge is -2.05. The topological polar surface area (TPSA) is 46.9 Å². The fourth-order valence-electron chi connectivity index (χ4n) is 1.87. The summed E-state index contributed by atoms with van der Waals surface area (Å²) in [6.07, 6.45) is 1.40. The minimum absolute atomic E-state index is 0.0432. The first kappa shape index (κ1) is 14.7. The molecule has 2 rings (SSSR count). The third-order valence-corrected chi connectivity index (χ3v) is 3.93. The summed E-state index contributed by atoms with van der Waals surface area (Å²) in [5, 5.41) is 7.08. The first-order valence-electron chi connectivity index (χ1n) is 6.63. The van der Waals surface area contributed by atoms with E-state index in [9.17, 15) is 4.79 Å². The molecule has 1 amide bonds. The number of carbonyl (C=O) groups excluding carboxylic acids is 1. The van der Waals surface area contributed by atoms with Gasteiger partial charge in [-0.1, -0.05) is 18.2 Å². The summed E-state index contributed by atoms with van der Waals surface area (Å²) < 4.78 is 1.69. The fourth-order valence-corrected chi connectivity index (χ4v) is 2.75. The second-order valence-electron chi connectivity index (χ2n) is 4.61. The molecule has 1 aromatic carbocycles. The summed E-state index contributed by atoms with van der Waals surface area (Å²) >= 11 is 1.78. The van der Waals surface area contributed by atoms with Crippen molar-refractivity contribution < 1.29 is 4.79 Å². The summed E-state index contributed by atoms with van der Waals surface area (Å²) in [6.45, 7) is 1.91. The van der Waals surface area contributed by atoms with Crippen LogP contribution < -0.4 is 5.32 Å². The van der Waals surface area contributed by atoms with Crippen LogP contribution in [0.15, 0.2) is 41.3 Å². The van der Waals surface area contributed by atoms with Gasteiger partial charge in [0.05, 0.1) is 5.69 Å². The Bertz CT molecular complexity index is 566. The lowest BCUT2D eigenvalue weighted by atomic mass is 10.3. The van der Waals surface area contributed by atoms with Crippen LogP contribution >= 0.6 is 11.8 Å². The van der Waals surface area contributed by atoms with Gasteiger partial charge in [-0.25, -0.2) is 0 Å². The zero-order valence-electron chi connectivity index (χ0n) is 11.8. The van der Waals surface area contributed by atoms with E-state index in [-0.39, 0.29) is 5.91 Å². The highest BCUT2D eigenvalue weighted by Crippen LogP contribution is 2.18. The van der Waals surface area contributed by atoms with Crippen molar-refractivity contribution in [2.75, 3.05) is 11.1 Å². The number of amides is 1. The Kier molecular flexibility index (Phi) is 5.24. The zero-order valence-corrected chi connectivity index (χ0v) is 12.6. The quantitative estimate of drug-likeness (QED) is 0.656. The van der Waals surface area contributed by atoms with Gasteiger partial charge in [-0.15, -0.1) is 11.8 Å². The minimum Gasteiger partial charge on any atom is -0.311 e. The molecule has 1 N–H and O–H groups in total. The first-order valence-corrected chi connectivity index (χ1v) is 7.62. The number of aryl methyl sites for hydroxylation is 2. The van der Waals surface area contributed by atoms with E-state index in [2.05, 4.69) is 22.5 Å². The van der Waals surface area contributed by atoms with Crippen LogP contribution in [0.2, 0.25) is 0 Å². The van der Waals surface area contributed by atoms with Crippen LogP contribution in [-0.4, -0.2) is 21.4 Å². The average Bonchev–Trinajstić information content (AvgIpc) is 2.74. The van der Waals surface area contributed by atoms with Gasteiger partial charge in [-0.2, -0.15) is 5.10 Å². The van der Waals surface area contributed by atoms with Crippen molar-refractivity contribution in [1.82, 2.24) is 9.78 Å². The molecule has 0 unspecified atom stereocenters. The van der Waals surface area contributed by atoms with E-state index in [0.29, 0.717) is 6.42 Å². The fraction of sp³-hybridized carbons (Fsp3) is 0.333. The number of hydrogen-bond acceptors (Lipinski definition) is 3. The zero-order chi connectivity index (χ0) is 14.4. The van der Waals surface area contributed by atoms with Crippen LogP contribution in [0.1, 0.15) is 18.5 Å². The molecule has 20 heavy (non-hydrogen) atoms. The van der Waals surface area contributed by atoms with Gasteiger partial charge in [-0.05, 0) is 31.2 Å². The van der Waals surface area contributed by atoms with Crippen LogP contribution in [0.5, 0.6) is 0 Å². The molecule has 0 atom stereocenters. The number of rotatable bonds is 6. The number of anilines is 1. The van der Waals surface area contributed by atoms with Gasteiger partial charge in [0, 0.05) is 24.4 Å². The van der Waals surface area contributed by atoms with Crippen LogP contribution in [0.3, 0.4) is 0 Å². The van der Waals surface area contributed by atoms with Crippen molar-refractivity contribution in [1.29, 1.82) is 0 Å². The standard InChI is InChI=1S/C15H19N3OS/c1-12-11-14(18(2)17-12)16-15(19)9-6-10-20-13-7-4-3-5-8-13/h3-5,7-8,11H,6,9-10H2,1-2H3,(H,16,19). The molecule has 0 bridgehead atoms. The maximum absolute atomic E-state index is 11.8. The summed E-state index contributed by atoms with van der Waals surface area (Å²) in [7, 11) is 1.83. The third kappa shape index (κ3) is 4.42. The predicted molar refractivity (Wildman–Crippen MR) is 83.0 cm³/mol. The Labute approximate surface area is 123 Å². The highest BCUT2D eigenvalue weighted by atomic mass is 32.2. The van der Waals surface area contributed by atoms with E-state index in [1.807, 2.05) is 38.2 Å². The van der Waals surface area contributed by atoms with Crippen LogP contribution in [0.25, 0.3) is 0 Å². The van der Waals surface area contributed by atoms with Crippen LogP contribution in [0.4, 0.5) is 5.82 Å². The molecule has 1 heterocycles. The molecule has 0 fully saturated rings. The number of aromatic nitrogens is 2. The molecule has 4 nitrogen and oxygen atoms in total. The van der Waals surface area contributed by atoms with Crippen molar-refractivity contribution >= 4 is 23.5 Å². The van der Waals surface area contributed by atoms with E-state index < -0.39 is 0 Å². The summed E-state index contributed by atoms with van der Waals surface area (Å²) in [5.74, 6) is 1.74. The molecule has 1 aromatic heterocycles. The second kappa shape index (κ2) is 7.14. The average molecular weight is 289 g/mol. The maximum atomic E-state index is 11.8. The molecule has 106 valence electrons. The Balaban J connectivity index is 1.69. The number of thioether (sulfide) groups is 1. The Morgan fingerprint density at radius 3 is 2.75 bits per heavy atom. The van der Waals surface area contributed by atoms with Crippen molar-refractivity contribution in [3.05, 3.63) is 42.1 Å². The monoisotopic (exact) mass is 289 g/mol. The largest absolute Gasteiger partial charge is 0.311 e. The predicted octanol–water partition coefficient (Wildman–Crippen LogP) is 3.24. The molecule has 0 aliphatic heterocycles. The van der Waals surface area contributed by atoms with Gasteiger partial charge in [0.15, 0.2) is 0 Å². The highest BCUT2D eigenvalue weighted by Gasteiger charge is 2.06. The number of benzene rings is 1. The van der Waals surface area contributed by atoms with Gasteiger partial charge in [0.2, 0.25) is 5.91 Å². The van der Waals surface area contributed by atoms with Gasteiger partial charge in [-0.3, -0.25) is 9.48 Å². The van der Waals surface area contributed by atoms with E-state index in [1.54, 1.807) is 16.4 Å². The van der Waals surface area contributed by atoms with E-state index >= 15 is 0 Å². The van der Waals surface area contributed by atoms with E-state index in [1.165, 1.54) is 4.90 Å². The molecule has 0 saturated carbocycles. The molecule has 0 saturated heterocycles. The van der Waals surface area contributed by atoms with Gasteiger partial charge >= 0.3 is 0 Å². The number of hydrogen-bond donors (Lipinski definition) is 1. The van der Waals surface area contributed by atoms with Crippen molar-refractivity contribution in [2.24, 2.45) is 7.05 Å². The van der Waals surface area contributed by atoms with Crippen molar-refractivity contribution in [2.45, 2.75) is 24.7 Å². The molecular weight excluding hydrogens is 270 g/mol. The lowest BCUT2D eigenvalue weighted by Crippen LogP contribution is -2.14. The first-order chi connectivity index (χ1) is 9.65. The minimum atomic E-state index is 0.0432. The van der Waals surface area contributed by atoms with Crippen LogP contribution in [-0.2, 0) is 11.8 Å². The molecule has 0 spiro atoms. The number of carbonyl (C=O) groups is 1. The number of nitrogens with zero attached hydrogens (tertiary/aromatic N) is 2. The van der Waals surface area contributed by atoms with Gasteiger partial charge in [0.25, 0.3) is 0 Å². The van der Waals surface area contributed by atoms with Gasteiger partial charge in [0.1, 0.15) is 5.82 Å². The van der Waals surface area contributed by atoms with E-state index in [0.717, 1.165) is 23.7 Å².